The van der Waals surface area contributed by atoms with Gasteiger partial charge in [0.1, 0.15) is 11.6 Å². The Labute approximate surface area is 158 Å². The lowest BCUT2D eigenvalue weighted by Crippen LogP contribution is -2.02. The standard InChI is InChI=1S/C17H14ClIN4O/c1-10-2-5-12(8-14(10)19)21-15-9-16(23-17(20)22-15)24-13-6-3-11(18)4-7-13/h2-9H,1H3,(H3,20,21,22,23). The number of benzene rings is 2. The normalized spacial score (nSPS) is 10.5. The molecule has 0 bridgehead atoms. The van der Waals surface area contributed by atoms with Crippen LogP contribution in [0.15, 0.2) is 48.5 Å². The molecule has 7 heteroatoms. The Balaban J connectivity index is 1.82. The molecular formula is C17H14ClIN4O. The van der Waals surface area contributed by atoms with Crippen molar-refractivity contribution in [3.05, 3.63) is 62.7 Å². The fourth-order valence-corrected chi connectivity index (χ4v) is 2.64. The van der Waals surface area contributed by atoms with Gasteiger partial charge in [-0.15, -0.1) is 0 Å². The van der Waals surface area contributed by atoms with E-state index in [4.69, 9.17) is 22.1 Å². The first-order valence-electron chi connectivity index (χ1n) is 7.11. The average Bonchev–Trinajstić information content (AvgIpc) is 2.53. The number of anilines is 3. The number of nitrogens with two attached hydrogens (primary N) is 1. The lowest BCUT2D eigenvalue weighted by atomic mass is 10.2. The van der Waals surface area contributed by atoms with Gasteiger partial charge in [0.15, 0.2) is 0 Å². The maximum absolute atomic E-state index is 5.87. The Kier molecular flexibility index (Phi) is 5.06. The third-order valence-electron chi connectivity index (χ3n) is 3.20. The number of nitrogens with one attached hydrogen (secondary N) is 1. The van der Waals surface area contributed by atoms with E-state index in [1.54, 1.807) is 30.3 Å². The molecule has 3 N–H and O–H groups in total. The van der Waals surface area contributed by atoms with Gasteiger partial charge in [-0.3, -0.25) is 0 Å². The highest BCUT2D eigenvalue weighted by atomic mass is 127. The molecule has 5 nitrogen and oxygen atoms in total. The van der Waals surface area contributed by atoms with E-state index in [9.17, 15) is 0 Å². The molecule has 0 aliphatic rings. The van der Waals surface area contributed by atoms with Gasteiger partial charge >= 0.3 is 0 Å². The quantitative estimate of drug-likeness (QED) is 0.535. The summed E-state index contributed by atoms with van der Waals surface area (Å²) in [5.74, 6) is 1.67. The van der Waals surface area contributed by atoms with Crippen LogP contribution in [0.25, 0.3) is 0 Å². The number of halogens is 2. The molecular weight excluding hydrogens is 439 g/mol. The maximum Gasteiger partial charge on any atom is 0.226 e. The molecule has 0 radical (unpaired) electrons. The van der Waals surface area contributed by atoms with E-state index in [1.165, 1.54) is 5.56 Å². The number of rotatable bonds is 4. The second-order valence-electron chi connectivity index (χ2n) is 5.09. The van der Waals surface area contributed by atoms with Gasteiger partial charge < -0.3 is 15.8 Å². The van der Waals surface area contributed by atoms with Crippen molar-refractivity contribution in [1.29, 1.82) is 0 Å². The average molecular weight is 453 g/mol. The molecule has 0 unspecified atom stereocenters. The Bertz CT molecular complexity index is 871. The Hall–Kier alpha value is -2.06. The van der Waals surface area contributed by atoms with Gasteiger partial charge in [-0.2, -0.15) is 9.97 Å². The summed E-state index contributed by atoms with van der Waals surface area (Å²) in [5, 5.41) is 3.85. The van der Waals surface area contributed by atoms with Crippen molar-refractivity contribution in [2.24, 2.45) is 0 Å². The van der Waals surface area contributed by atoms with Crippen molar-refractivity contribution in [1.82, 2.24) is 9.97 Å². The van der Waals surface area contributed by atoms with Crippen molar-refractivity contribution in [2.75, 3.05) is 11.1 Å². The van der Waals surface area contributed by atoms with Crippen molar-refractivity contribution in [2.45, 2.75) is 6.92 Å². The van der Waals surface area contributed by atoms with Gasteiger partial charge in [0.05, 0.1) is 0 Å². The van der Waals surface area contributed by atoms with Crippen LogP contribution in [0.4, 0.5) is 17.5 Å². The van der Waals surface area contributed by atoms with Crippen molar-refractivity contribution >= 4 is 51.6 Å². The summed E-state index contributed by atoms with van der Waals surface area (Å²) in [5.41, 5.74) is 7.91. The first-order valence-corrected chi connectivity index (χ1v) is 8.56. The highest BCUT2D eigenvalue weighted by Gasteiger charge is 2.06. The fraction of sp³-hybridized carbons (Fsp3) is 0.0588. The predicted octanol–water partition coefficient (Wildman–Crippen LogP) is 5.16. The number of aromatic nitrogens is 2. The van der Waals surface area contributed by atoms with Crippen molar-refractivity contribution < 1.29 is 4.74 Å². The zero-order chi connectivity index (χ0) is 17.1. The van der Waals surface area contributed by atoms with Crippen molar-refractivity contribution in [3.8, 4) is 11.6 Å². The second kappa shape index (κ2) is 7.23. The van der Waals surface area contributed by atoms with E-state index in [1.807, 2.05) is 18.2 Å². The molecule has 24 heavy (non-hydrogen) atoms. The molecule has 0 atom stereocenters. The van der Waals surface area contributed by atoms with E-state index in [2.05, 4.69) is 44.8 Å². The number of hydrogen-bond acceptors (Lipinski definition) is 5. The van der Waals surface area contributed by atoms with Crippen LogP contribution < -0.4 is 15.8 Å². The lowest BCUT2D eigenvalue weighted by molar-refractivity contribution is 0.463. The van der Waals surface area contributed by atoms with E-state index in [0.29, 0.717) is 22.5 Å². The van der Waals surface area contributed by atoms with Crippen LogP contribution in [0.2, 0.25) is 5.02 Å². The number of aryl methyl sites for hydroxylation is 1. The van der Waals surface area contributed by atoms with Crippen LogP contribution in [0.1, 0.15) is 5.56 Å². The van der Waals surface area contributed by atoms with Gasteiger partial charge in [0.2, 0.25) is 11.8 Å². The summed E-state index contributed by atoms with van der Waals surface area (Å²) in [6, 6.07) is 14.8. The molecule has 3 aromatic rings. The second-order valence-corrected chi connectivity index (χ2v) is 6.69. The summed E-state index contributed by atoms with van der Waals surface area (Å²) in [6.45, 7) is 2.06. The molecule has 0 spiro atoms. The van der Waals surface area contributed by atoms with Gasteiger partial charge in [-0.25, -0.2) is 0 Å². The van der Waals surface area contributed by atoms with E-state index < -0.39 is 0 Å². The van der Waals surface area contributed by atoms with Crippen LogP contribution >= 0.6 is 34.2 Å². The summed E-state index contributed by atoms with van der Waals surface area (Å²) in [6.07, 6.45) is 0. The van der Waals surface area contributed by atoms with Crippen LogP contribution in [-0.2, 0) is 0 Å². The van der Waals surface area contributed by atoms with Crippen LogP contribution in [0.5, 0.6) is 11.6 Å². The zero-order valence-corrected chi connectivity index (χ0v) is 15.7. The first-order chi connectivity index (χ1) is 11.5. The number of nitrogens with zero attached hydrogens (tertiary/aromatic N) is 2. The summed E-state index contributed by atoms with van der Waals surface area (Å²) in [4.78, 5) is 8.28. The van der Waals surface area contributed by atoms with Crippen LogP contribution in [0.3, 0.4) is 0 Å². The SMILES string of the molecule is Cc1ccc(Nc2cc(Oc3ccc(Cl)cc3)nc(N)n2)cc1I. The highest BCUT2D eigenvalue weighted by Crippen LogP contribution is 2.26. The molecule has 0 aliphatic heterocycles. The Morgan fingerprint density at radius 2 is 1.83 bits per heavy atom. The minimum Gasteiger partial charge on any atom is -0.439 e. The highest BCUT2D eigenvalue weighted by molar-refractivity contribution is 14.1. The molecule has 0 amide bonds. The van der Waals surface area contributed by atoms with E-state index >= 15 is 0 Å². The minimum atomic E-state index is 0.130. The van der Waals surface area contributed by atoms with Crippen LogP contribution in [0, 0.1) is 10.5 Å². The van der Waals surface area contributed by atoms with Gasteiger partial charge in [0.25, 0.3) is 0 Å². The Morgan fingerprint density at radius 3 is 2.54 bits per heavy atom. The number of hydrogen-bond donors (Lipinski definition) is 2. The zero-order valence-electron chi connectivity index (χ0n) is 12.8. The molecule has 0 aliphatic carbocycles. The summed E-state index contributed by atoms with van der Waals surface area (Å²) < 4.78 is 6.87. The van der Waals surface area contributed by atoms with Crippen molar-refractivity contribution in [3.63, 3.8) is 0 Å². The summed E-state index contributed by atoms with van der Waals surface area (Å²) in [7, 11) is 0. The third kappa shape index (κ3) is 4.27. The third-order valence-corrected chi connectivity index (χ3v) is 4.61. The largest absolute Gasteiger partial charge is 0.439 e. The molecule has 1 heterocycles. The number of nitrogen functional groups attached to an aromatic ring is 1. The minimum absolute atomic E-state index is 0.130. The smallest absolute Gasteiger partial charge is 0.226 e. The van der Waals surface area contributed by atoms with Gasteiger partial charge in [-0.1, -0.05) is 17.7 Å². The van der Waals surface area contributed by atoms with Gasteiger partial charge in [0, 0.05) is 20.3 Å². The van der Waals surface area contributed by atoms with Gasteiger partial charge in [-0.05, 0) is 71.5 Å². The molecule has 0 saturated carbocycles. The first kappa shape index (κ1) is 16.8. The predicted molar refractivity (Wildman–Crippen MR) is 105 cm³/mol. The topological polar surface area (TPSA) is 73.1 Å². The fourth-order valence-electron chi connectivity index (χ4n) is 2.00. The van der Waals surface area contributed by atoms with E-state index in [-0.39, 0.29) is 5.95 Å². The monoisotopic (exact) mass is 452 g/mol. The van der Waals surface area contributed by atoms with Crippen LogP contribution in [-0.4, -0.2) is 9.97 Å². The number of ether oxygens (including phenoxy) is 1. The lowest BCUT2D eigenvalue weighted by Gasteiger charge is -2.10. The summed E-state index contributed by atoms with van der Waals surface area (Å²) >= 11 is 8.16. The maximum atomic E-state index is 5.87. The Morgan fingerprint density at radius 1 is 1.08 bits per heavy atom. The molecule has 1 aromatic heterocycles. The molecule has 0 saturated heterocycles. The molecule has 2 aromatic carbocycles. The molecule has 0 fully saturated rings. The molecule has 3 rings (SSSR count). The van der Waals surface area contributed by atoms with E-state index in [0.717, 1.165) is 9.26 Å². The molecule has 122 valence electrons.